The van der Waals surface area contributed by atoms with E-state index in [1.807, 2.05) is 91.9 Å². The molecule has 1 spiro atoms. The minimum Gasteiger partial charge on any atom is -0.394 e. The van der Waals surface area contributed by atoms with Crippen molar-refractivity contribution in [2.45, 2.75) is 56.6 Å². The van der Waals surface area contributed by atoms with E-state index in [4.69, 9.17) is 4.74 Å². The van der Waals surface area contributed by atoms with Gasteiger partial charge >= 0.3 is 0 Å². The molecule has 0 bridgehead atoms. The number of hydrogen-bond donors (Lipinski definition) is 1. The summed E-state index contributed by atoms with van der Waals surface area (Å²) in [6.07, 6.45) is 8.14. The molecule has 0 aromatic heterocycles. The minimum absolute atomic E-state index is 0.153. The molecule has 214 valence electrons. The lowest BCUT2D eigenvalue weighted by atomic mass is 9.73. The Morgan fingerprint density at radius 3 is 1.95 bits per heavy atom. The van der Waals surface area contributed by atoms with Crippen molar-refractivity contribution in [3.63, 3.8) is 0 Å². The number of ether oxygens (including phenoxy) is 1. The summed E-state index contributed by atoms with van der Waals surface area (Å²) in [5.41, 5.74) is -0.391. The van der Waals surface area contributed by atoms with Gasteiger partial charge in [0.05, 0.1) is 30.1 Å². The molecule has 1 unspecified atom stereocenters. The molecular formula is C33H37N3O5. The maximum atomic E-state index is 14.4. The summed E-state index contributed by atoms with van der Waals surface area (Å²) in [7, 11) is 0. The zero-order chi connectivity index (χ0) is 28.8. The maximum absolute atomic E-state index is 14.4. The number of nitrogens with zero attached hydrogens (tertiary/aromatic N) is 3. The maximum Gasteiger partial charge on any atom is 0.249 e. The highest BCUT2D eigenvalue weighted by molar-refractivity contribution is 6.00. The quantitative estimate of drug-likeness (QED) is 0.531. The van der Waals surface area contributed by atoms with Gasteiger partial charge in [-0.25, -0.2) is 0 Å². The average Bonchev–Trinajstić information content (AvgIpc) is 3.30. The second-order valence-electron chi connectivity index (χ2n) is 11.6. The summed E-state index contributed by atoms with van der Waals surface area (Å²) >= 11 is 0. The molecule has 4 aliphatic rings. The highest BCUT2D eigenvalue weighted by atomic mass is 16.5. The topological polar surface area (TPSA) is 90.4 Å². The Labute approximate surface area is 240 Å². The van der Waals surface area contributed by atoms with Crippen LogP contribution < -0.4 is 0 Å². The van der Waals surface area contributed by atoms with E-state index in [9.17, 15) is 19.5 Å². The van der Waals surface area contributed by atoms with Crippen LogP contribution in [0.15, 0.2) is 85.0 Å². The number of benzene rings is 2. The predicted molar refractivity (Wildman–Crippen MR) is 153 cm³/mol. The van der Waals surface area contributed by atoms with E-state index in [1.54, 1.807) is 16.7 Å². The van der Waals surface area contributed by atoms with Crippen molar-refractivity contribution < 1.29 is 24.2 Å². The van der Waals surface area contributed by atoms with Gasteiger partial charge in [0.2, 0.25) is 17.7 Å². The van der Waals surface area contributed by atoms with Crippen molar-refractivity contribution in [1.82, 2.24) is 14.7 Å². The van der Waals surface area contributed by atoms with Gasteiger partial charge in [-0.05, 0) is 24.5 Å². The molecular weight excluding hydrogens is 518 g/mol. The third-order valence-corrected chi connectivity index (χ3v) is 9.22. The zero-order valence-electron chi connectivity index (χ0n) is 23.6. The van der Waals surface area contributed by atoms with E-state index in [1.165, 1.54) is 4.90 Å². The van der Waals surface area contributed by atoms with Gasteiger partial charge in [-0.3, -0.25) is 14.4 Å². The van der Waals surface area contributed by atoms with Crippen LogP contribution in [-0.4, -0.2) is 80.5 Å². The van der Waals surface area contributed by atoms with E-state index in [0.717, 1.165) is 11.1 Å². The summed E-state index contributed by atoms with van der Waals surface area (Å²) in [6, 6.07) is 17.9. The molecule has 8 nitrogen and oxygen atoms in total. The first kappa shape index (κ1) is 27.4. The first-order valence-electron chi connectivity index (χ1n) is 14.5. The van der Waals surface area contributed by atoms with Gasteiger partial charge in [-0.1, -0.05) is 91.9 Å². The Bertz CT molecular complexity index is 1380. The van der Waals surface area contributed by atoms with Crippen molar-refractivity contribution in [3.8, 4) is 0 Å². The zero-order valence-corrected chi connectivity index (χ0v) is 23.6. The summed E-state index contributed by atoms with van der Waals surface area (Å²) in [5.74, 6) is -2.42. The smallest absolute Gasteiger partial charge is 0.249 e. The van der Waals surface area contributed by atoms with E-state index < -0.39 is 35.1 Å². The summed E-state index contributed by atoms with van der Waals surface area (Å²) in [6.45, 7) is 4.94. The Morgan fingerprint density at radius 1 is 0.829 bits per heavy atom. The normalized spacial score (nSPS) is 31.5. The molecule has 8 heteroatoms. The van der Waals surface area contributed by atoms with Crippen molar-refractivity contribution in [2.24, 2.45) is 11.8 Å². The van der Waals surface area contributed by atoms with E-state index in [0.29, 0.717) is 32.6 Å². The van der Waals surface area contributed by atoms with Crippen LogP contribution in [-0.2, 0) is 32.2 Å². The van der Waals surface area contributed by atoms with Crippen LogP contribution in [0.3, 0.4) is 0 Å². The highest BCUT2D eigenvalue weighted by Gasteiger charge is 2.75. The number of carbonyl (C=O) groups excluding carboxylic acids is 3. The third-order valence-electron chi connectivity index (χ3n) is 9.22. The predicted octanol–water partition coefficient (Wildman–Crippen LogP) is 2.93. The van der Waals surface area contributed by atoms with Crippen molar-refractivity contribution >= 4 is 17.7 Å². The SMILES string of the molecule is CC[C@@]12C=CCN(Cc3ccccc3)C(=O)[C@@H]1[C@H]1C(=O)N([C@H](C)CO)C3C(=O)N(Cc4ccccc4)CC=C[C@@]31O2. The number of rotatable bonds is 7. The number of likely N-dealkylation sites (tertiary alicyclic amines) is 1. The lowest BCUT2D eigenvalue weighted by Gasteiger charge is -2.40. The van der Waals surface area contributed by atoms with Crippen LogP contribution in [0.1, 0.15) is 31.4 Å². The van der Waals surface area contributed by atoms with Gasteiger partial charge < -0.3 is 24.5 Å². The number of aliphatic hydroxyl groups is 1. The van der Waals surface area contributed by atoms with Crippen LogP contribution in [0.4, 0.5) is 0 Å². The molecule has 41 heavy (non-hydrogen) atoms. The van der Waals surface area contributed by atoms with Crippen molar-refractivity contribution in [3.05, 3.63) is 96.1 Å². The highest BCUT2D eigenvalue weighted by Crippen LogP contribution is 2.59. The van der Waals surface area contributed by atoms with Crippen LogP contribution in [0.25, 0.3) is 0 Å². The van der Waals surface area contributed by atoms with Crippen LogP contribution in [0, 0.1) is 11.8 Å². The van der Waals surface area contributed by atoms with Gasteiger partial charge in [0, 0.05) is 26.2 Å². The molecule has 4 aliphatic heterocycles. The molecule has 2 fully saturated rings. The first-order chi connectivity index (χ1) is 19.8. The van der Waals surface area contributed by atoms with Gasteiger partial charge in [-0.2, -0.15) is 0 Å². The summed E-state index contributed by atoms with van der Waals surface area (Å²) in [5, 5.41) is 10.2. The Hall–Kier alpha value is -3.75. The second-order valence-corrected chi connectivity index (χ2v) is 11.6. The van der Waals surface area contributed by atoms with Crippen LogP contribution >= 0.6 is 0 Å². The number of aliphatic hydroxyl groups excluding tert-OH is 1. The van der Waals surface area contributed by atoms with Crippen LogP contribution in [0.2, 0.25) is 0 Å². The Kier molecular flexibility index (Phi) is 7.08. The van der Waals surface area contributed by atoms with Gasteiger partial charge in [0.25, 0.3) is 0 Å². The molecule has 6 rings (SSSR count). The monoisotopic (exact) mass is 555 g/mol. The van der Waals surface area contributed by atoms with E-state index >= 15 is 0 Å². The Morgan fingerprint density at radius 2 is 1.39 bits per heavy atom. The molecule has 1 N–H and O–H groups in total. The number of carbonyl (C=O) groups is 3. The average molecular weight is 556 g/mol. The second kappa shape index (κ2) is 10.6. The number of fused-ring (bicyclic) bond motifs is 2. The fourth-order valence-corrected chi connectivity index (χ4v) is 7.25. The number of amides is 3. The third kappa shape index (κ3) is 4.32. The first-order valence-corrected chi connectivity index (χ1v) is 14.5. The van der Waals surface area contributed by atoms with Gasteiger partial charge in [0.15, 0.2) is 0 Å². The molecule has 0 radical (unpaired) electrons. The fourth-order valence-electron chi connectivity index (χ4n) is 7.25. The molecule has 2 aromatic rings. The standard InChI is InChI=1S/C33H37N3O5/c1-3-32-16-10-18-34(20-24-12-6-4-7-13-24)29(38)26(32)27-30(39)36(23(2)22-37)28-31(40)35(19-11-17-33(27,28)41-32)21-25-14-8-5-9-15-25/h4-17,23,26-28,37H,3,18-22H2,1-2H3/t23-,26+,27+,28?,32-,33+/m1/s1. The van der Waals surface area contributed by atoms with E-state index in [-0.39, 0.29) is 24.3 Å². The molecule has 4 heterocycles. The molecule has 2 saturated heterocycles. The summed E-state index contributed by atoms with van der Waals surface area (Å²) < 4.78 is 7.00. The largest absolute Gasteiger partial charge is 0.394 e. The molecule has 0 aliphatic carbocycles. The molecule has 0 saturated carbocycles. The lowest BCUT2D eigenvalue weighted by Crippen LogP contribution is -2.58. The minimum atomic E-state index is -1.33. The number of hydrogen-bond acceptors (Lipinski definition) is 5. The molecule has 2 aromatic carbocycles. The van der Waals surface area contributed by atoms with Gasteiger partial charge in [-0.15, -0.1) is 0 Å². The fraction of sp³-hybridized carbons (Fsp3) is 0.424. The van der Waals surface area contributed by atoms with Crippen molar-refractivity contribution in [1.29, 1.82) is 0 Å². The van der Waals surface area contributed by atoms with E-state index in [2.05, 4.69) is 0 Å². The molecule has 3 amide bonds. The van der Waals surface area contributed by atoms with Gasteiger partial charge in [0.1, 0.15) is 11.6 Å². The summed E-state index contributed by atoms with van der Waals surface area (Å²) in [4.78, 5) is 48.3. The Balaban J connectivity index is 1.43. The molecule has 6 atom stereocenters. The lowest BCUT2D eigenvalue weighted by molar-refractivity contribution is -0.157. The van der Waals surface area contributed by atoms with Crippen LogP contribution in [0.5, 0.6) is 0 Å². The van der Waals surface area contributed by atoms with Crippen molar-refractivity contribution in [2.75, 3.05) is 19.7 Å².